The molecule has 0 saturated carbocycles. The molecule has 0 aromatic heterocycles. The third kappa shape index (κ3) is 4.33. The van der Waals surface area contributed by atoms with E-state index in [4.69, 9.17) is 14.2 Å². The number of carbonyl (C=O) groups is 3. The average Bonchev–Trinajstić information content (AvgIpc) is 2.27. The topological polar surface area (TPSA) is 78.9 Å². The molecule has 4 atom stereocenters. The van der Waals surface area contributed by atoms with E-state index in [-0.39, 0.29) is 4.83 Å². The Hall–Kier alpha value is -1.37. The molecule has 0 aromatic carbocycles. The van der Waals surface area contributed by atoms with Crippen molar-refractivity contribution < 1.29 is 28.6 Å². The number of rotatable bonds is 3. The maximum atomic E-state index is 11.3. The van der Waals surface area contributed by atoms with Crippen LogP contribution in [0.3, 0.4) is 0 Å². The van der Waals surface area contributed by atoms with Crippen LogP contribution < -0.4 is 0 Å². The highest BCUT2D eigenvalue weighted by atomic mass is 79.9. The van der Waals surface area contributed by atoms with Gasteiger partial charge in [0.2, 0.25) is 0 Å². The third-order valence-electron chi connectivity index (χ3n) is 2.70. The fourth-order valence-corrected chi connectivity index (χ4v) is 2.86. The lowest BCUT2D eigenvalue weighted by atomic mass is 9.91. The summed E-state index contributed by atoms with van der Waals surface area (Å²) in [6.45, 7) is 5.52. The Morgan fingerprint density at radius 1 is 0.950 bits per heavy atom. The van der Waals surface area contributed by atoms with Crippen molar-refractivity contribution in [3.8, 4) is 0 Å². The fraction of sp³-hybridized carbons (Fsp3) is 0.615. The number of alkyl halides is 1. The van der Waals surface area contributed by atoms with Crippen LogP contribution in [0, 0.1) is 0 Å². The smallest absolute Gasteiger partial charge is 0.303 e. The van der Waals surface area contributed by atoms with E-state index in [0.29, 0.717) is 0 Å². The number of halogens is 1. The monoisotopic (exact) mass is 348 g/mol. The second-order valence-electron chi connectivity index (χ2n) is 4.53. The summed E-state index contributed by atoms with van der Waals surface area (Å²) in [6.07, 6.45) is -0.644. The van der Waals surface area contributed by atoms with Gasteiger partial charge < -0.3 is 14.2 Å². The first kappa shape index (κ1) is 16.7. The molecule has 1 aliphatic carbocycles. The van der Waals surface area contributed by atoms with Gasteiger partial charge in [-0.15, -0.1) is 0 Å². The summed E-state index contributed by atoms with van der Waals surface area (Å²) < 4.78 is 15.6. The Morgan fingerprint density at radius 3 is 1.85 bits per heavy atom. The normalized spacial score (nSPS) is 29.1. The van der Waals surface area contributed by atoms with Gasteiger partial charge in [-0.2, -0.15) is 0 Å². The quantitative estimate of drug-likeness (QED) is 0.333. The Kier molecular flexibility index (Phi) is 5.74. The lowest BCUT2D eigenvalue weighted by Crippen LogP contribution is -2.51. The Bertz CT molecular complexity index is 444. The predicted molar refractivity (Wildman–Crippen MR) is 73.1 cm³/mol. The lowest BCUT2D eigenvalue weighted by molar-refractivity contribution is -0.180. The van der Waals surface area contributed by atoms with Crippen LogP contribution in [-0.4, -0.2) is 41.0 Å². The minimum Gasteiger partial charge on any atom is -0.457 e. The standard InChI is InChI=1S/C13H17BrO6/c1-6-5-10(14)12(19-8(3)16)13(20-9(4)17)11(6)18-7(2)15/h5,10-13H,1-4H3/t10-,11+,12+,13+/m0/s1. The lowest BCUT2D eigenvalue weighted by Gasteiger charge is -2.37. The van der Waals surface area contributed by atoms with Crippen LogP contribution >= 0.6 is 15.9 Å². The summed E-state index contributed by atoms with van der Waals surface area (Å²) in [5.74, 6) is -1.56. The first-order chi connectivity index (χ1) is 9.22. The van der Waals surface area contributed by atoms with E-state index in [0.717, 1.165) is 5.57 Å². The number of hydrogen-bond acceptors (Lipinski definition) is 6. The Labute approximate surface area is 125 Å². The van der Waals surface area contributed by atoms with Gasteiger partial charge in [0.1, 0.15) is 0 Å². The van der Waals surface area contributed by atoms with Crippen LogP contribution in [0.5, 0.6) is 0 Å². The number of esters is 3. The molecule has 1 aliphatic rings. The van der Waals surface area contributed by atoms with E-state index in [1.165, 1.54) is 20.8 Å². The van der Waals surface area contributed by atoms with Crippen molar-refractivity contribution in [3.05, 3.63) is 11.6 Å². The highest BCUT2D eigenvalue weighted by molar-refractivity contribution is 9.09. The van der Waals surface area contributed by atoms with Crippen LogP contribution in [0.4, 0.5) is 0 Å². The minimum atomic E-state index is -0.880. The summed E-state index contributed by atoms with van der Waals surface area (Å²) >= 11 is 3.36. The van der Waals surface area contributed by atoms with Crippen molar-refractivity contribution in [2.75, 3.05) is 0 Å². The zero-order valence-corrected chi connectivity index (χ0v) is 13.3. The van der Waals surface area contributed by atoms with Crippen molar-refractivity contribution in [2.24, 2.45) is 0 Å². The van der Waals surface area contributed by atoms with Crippen LogP contribution in [-0.2, 0) is 28.6 Å². The molecule has 0 fully saturated rings. The summed E-state index contributed by atoms with van der Waals surface area (Å²) in [4.78, 5) is 33.3. The van der Waals surface area contributed by atoms with E-state index < -0.39 is 36.2 Å². The summed E-state index contributed by atoms with van der Waals surface area (Å²) in [6, 6.07) is 0. The first-order valence-corrected chi connectivity index (χ1v) is 6.98. The summed E-state index contributed by atoms with van der Waals surface area (Å²) in [5, 5.41) is 0. The molecule has 0 spiro atoms. The van der Waals surface area contributed by atoms with Gasteiger partial charge in [0.25, 0.3) is 0 Å². The van der Waals surface area contributed by atoms with Crippen molar-refractivity contribution in [1.29, 1.82) is 0 Å². The van der Waals surface area contributed by atoms with E-state index in [2.05, 4.69) is 15.9 Å². The number of carbonyl (C=O) groups excluding carboxylic acids is 3. The molecule has 0 N–H and O–H groups in total. The van der Waals surface area contributed by atoms with Gasteiger partial charge in [0.05, 0.1) is 4.83 Å². The molecule has 0 saturated heterocycles. The van der Waals surface area contributed by atoms with Crippen LogP contribution in [0.2, 0.25) is 0 Å². The van der Waals surface area contributed by atoms with E-state index in [1.54, 1.807) is 13.0 Å². The highest BCUT2D eigenvalue weighted by Crippen LogP contribution is 2.31. The van der Waals surface area contributed by atoms with Gasteiger partial charge in [-0.3, -0.25) is 14.4 Å². The van der Waals surface area contributed by atoms with Crippen molar-refractivity contribution in [1.82, 2.24) is 0 Å². The van der Waals surface area contributed by atoms with Crippen molar-refractivity contribution >= 4 is 33.8 Å². The van der Waals surface area contributed by atoms with Crippen molar-refractivity contribution in [2.45, 2.75) is 50.8 Å². The molecule has 1 rings (SSSR count). The van der Waals surface area contributed by atoms with Crippen molar-refractivity contribution in [3.63, 3.8) is 0 Å². The fourth-order valence-electron chi connectivity index (χ4n) is 2.04. The van der Waals surface area contributed by atoms with Gasteiger partial charge in [0, 0.05) is 20.8 Å². The second-order valence-corrected chi connectivity index (χ2v) is 5.59. The molecule has 0 bridgehead atoms. The molecule has 20 heavy (non-hydrogen) atoms. The maximum Gasteiger partial charge on any atom is 0.303 e. The van der Waals surface area contributed by atoms with Gasteiger partial charge in [-0.1, -0.05) is 22.0 Å². The molecule has 0 unspecified atom stereocenters. The molecule has 0 radical (unpaired) electrons. The number of hydrogen-bond donors (Lipinski definition) is 0. The van der Waals surface area contributed by atoms with Crippen LogP contribution in [0.25, 0.3) is 0 Å². The van der Waals surface area contributed by atoms with Gasteiger partial charge in [0.15, 0.2) is 18.3 Å². The molecule has 7 heteroatoms. The second kappa shape index (κ2) is 6.88. The van der Waals surface area contributed by atoms with Crippen LogP contribution in [0.1, 0.15) is 27.7 Å². The molecular formula is C13H17BrO6. The number of ether oxygens (including phenoxy) is 3. The van der Waals surface area contributed by atoms with Gasteiger partial charge in [-0.05, 0) is 12.5 Å². The zero-order valence-electron chi connectivity index (χ0n) is 11.7. The molecule has 0 aromatic rings. The minimum absolute atomic E-state index is 0.331. The predicted octanol–water partition coefficient (Wildman–Crippen LogP) is 1.50. The van der Waals surface area contributed by atoms with E-state index in [9.17, 15) is 14.4 Å². The molecule has 112 valence electrons. The average molecular weight is 349 g/mol. The van der Waals surface area contributed by atoms with E-state index >= 15 is 0 Å². The molecule has 0 amide bonds. The third-order valence-corrected chi connectivity index (χ3v) is 3.49. The molecular weight excluding hydrogens is 332 g/mol. The van der Waals surface area contributed by atoms with Gasteiger partial charge in [-0.25, -0.2) is 0 Å². The summed E-state index contributed by atoms with van der Waals surface area (Å²) in [7, 11) is 0. The SMILES string of the molecule is CC(=O)O[C@H]1[C@H](OC(C)=O)[C@@H](Br)C=C(C)[C@H]1OC(C)=O. The molecule has 0 heterocycles. The Balaban J connectivity index is 3.10. The molecule has 6 nitrogen and oxygen atoms in total. The largest absolute Gasteiger partial charge is 0.457 e. The molecule has 0 aliphatic heterocycles. The first-order valence-electron chi connectivity index (χ1n) is 6.06. The van der Waals surface area contributed by atoms with Gasteiger partial charge >= 0.3 is 17.9 Å². The zero-order chi connectivity index (χ0) is 15.4. The summed E-state index contributed by atoms with van der Waals surface area (Å²) in [5.41, 5.74) is 0.719. The highest BCUT2D eigenvalue weighted by Gasteiger charge is 2.44. The maximum absolute atomic E-state index is 11.3. The van der Waals surface area contributed by atoms with E-state index in [1.807, 2.05) is 0 Å². The van der Waals surface area contributed by atoms with Crippen LogP contribution in [0.15, 0.2) is 11.6 Å². The Morgan fingerprint density at radius 2 is 1.40 bits per heavy atom.